The van der Waals surface area contributed by atoms with E-state index in [9.17, 15) is 14.7 Å². The lowest BCUT2D eigenvalue weighted by Crippen LogP contribution is -2.32. The lowest BCUT2D eigenvalue weighted by Gasteiger charge is -2.22. The van der Waals surface area contributed by atoms with E-state index in [1.807, 2.05) is 35.3 Å². The van der Waals surface area contributed by atoms with Gasteiger partial charge in [-0.15, -0.1) is 0 Å². The number of aliphatic hydroxyl groups is 1. The van der Waals surface area contributed by atoms with Crippen LogP contribution in [0.3, 0.4) is 0 Å². The molecule has 1 saturated heterocycles. The van der Waals surface area contributed by atoms with Crippen LogP contribution in [0.2, 0.25) is 0 Å². The summed E-state index contributed by atoms with van der Waals surface area (Å²) in [4.78, 5) is 24.5. The smallest absolute Gasteiger partial charge is 0.303 e. The summed E-state index contributed by atoms with van der Waals surface area (Å²) in [5, 5.41) is 19.2. The first-order chi connectivity index (χ1) is 15.0. The number of aliphatic carboxylic acids is 1. The highest BCUT2D eigenvalue weighted by atomic mass is 16.4. The molecule has 1 fully saturated rings. The molecule has 2 N–H and O–H groups in total. The largest absolute Gasteiger partial charge is 0.481 e. The Hall–Kier alpha value is -2.40. The van der Waals surface area contributed by atoms with E-state index in [4.69, 9.17) is 5.11 Å². The van der Waals surface area contributed by atoms with E-state index >= 15 is 0 Å². The molecule has 1 heterocycles. The van der Waals surface area contributed by atoms with Crippen LogP contribution in [0.25, 0.3) is 0 Å². The zero-order valence-electron chi connectivity index (χ0n) is 18.7. The Balaban J connectivity index is 1.70. The molecule has 31 heavy (non-hydrogen) atoms. The van der Waals surface area contributed by atoms with E-state index in [1.165, 1.54) is 5.56 Å². The predicted octanol–water partition coefficient (Wildman–Crippen LogP) is 4.75. The number of carboxylic acid groups (broad SMARTS) is 1. The third-order valence-corrected chi connectivity index (χ3v) is 5.94. The lowest BCUT2D eigenvalue weighted by atomic mass is 9.95. The van der Waals surface area contributed by atoms with Crippen LogP contribution in [-0.4, -0.2) is 45.7 Å². The molecule has 0 aromatic heterocycles. The maximum atomic E-state index is 12.2. The molecule has 0 saturated carbocycles. The molecule has 1 aromatic carbocycles. The van der Waals surface area contributed by atoms with Crippen LogP contribution in [0.1, 0.15) is 63.9 Å². The number of hydrogen-bond donors (Lipinski definition) is 2. The second kappa shape index (κ2) is 13.8. The fraction of sp³-hybridized carbons (Fsp3) is 0.538. The van der Waals surface area contributed by atoms with E-state index in [0.717, 1.165) is 32.1 Å². The molecule has 1 aromatic rings. The number of allylic oxidation sites excluding steroid dienone is 1. The first-order valence-electron chi connectivity index (χ1n) is 11.5. The van der Waals surface area contributed by atoms with Crippen LogP contribution < -0.4 is 0 Å². The van der Waals surface area contributed by atoms with Gasteiger partial charge in [-0.2, -0.15) is 0 Å². The van der Waals surface area contributed by atoms with Gasteiger partial charge in [-0.05, 0) is 50.0 Å². The zero-order chi connectivity index (χ0) is 22.5. The fourth-order valence-electron chi connectivity index (χ4n) is 3.91. The highest BCUT2D eigenvalue weighted by molar-refractivity contribution is 5.79. The van der Waals surface area contributed by atoms with Crippen LogP contribution in [0.4, 0.5) is 0 Å². The summed E-state index contributed by atoms with van der Waals surface area (Å²) >= 11 is 0. The van der Waals surface area contributed by atoms with Gasteiger partial charge < -0.3 is 15.1 Å². The van der Waals surface area contributed by atoms with Gasteiger partial charge in [-0.25, -0.2) is 0 Å². The number of rotatable bonds is 14. The summed E-state index contributed by atoms with van der Waals surface area (Å²) in [5.41, 5.74) is 1.36. The van der Waals surface area contributed by atoms with Gasteiger partial charge in [0.05, 0.1) is 12.1 Å². The Labute approximate surface area is 186 Å². The predicted molar refractivity (Wildman–Crippen MR) is 124 cm³/mol. The number of nitrogens with zero attached hydrogens (tertiary/aromatic N) is 1. The van der Waals surface area contributed by atoms with E-state index < -0.39 is 12.1 Å². The summed E-state index contributed by atoms with van der Waals surface area (Å²) in [6.45, 7) is 2.61. The Morgan fingerprint density at radius 2 is 1.97 bits per heavy atom. The second-order valence-electron chi connectivity index (χ2n) is 8.49. The maximum Gasteiger partial charge on any atom is 0.303 e. The molecule has 5 nitrogen and oxygen atoms in total. The molecule has 5 heteroatoms. The number of aryl methyl sites for hydroxylation is 1. The topological polar surface area (TPSA) is 77.8 Å². The van der Waals surface area contributed by atoms with E-state index in [-0.39, 0.29) is 24.3 Å². The molecule has 1 aliphatic rings. The molecular formula is C26H37NO4. The lowest BCUT2D eigenvalue weighted by molar-refractivity contribution is -0.137. The van der Waals surface area contributed by atoms with Gasteiger partial charge in [0.25, 0.3) is 0 Å². The van der Waals surface area contributed by atoms with Gasteiger partial charge in [0.15, 0.2) is 0 Å². The van der Waals surface area contributed by atoms with Gasteiger partial charge in [-0.1, -0.05) is 68.0 Å². The van der Waals surface area contributed by atoms with Crippen molar-refractivity contribution in [3.8, 4) is 0 Å². The van der Waals surface area contributed by atoms with Crippen LogP contribution in [0.15, 0.2) is 54.6 Å². The van der Waals surface area contributed by atoms with Gasteiger partial charge in [0, 0.05) is 19.4 Å². The summed E-state index contributed by atoms with van der Waals surface area (Å²) in [5.74, 6) is -0.461. The van der Waals surface area contributed by atoms with Crippen molar-refractivity contribution in [2.45, 2.75) is 76.9 Å². The van der Waals surface area contributed by atoms with Gasteiger partial charge in [0.2, 0.25) is 5.91 Å². The van der Waals surface area contributed by atoms with E-state index in [0.29, 0.717) is 25.8 Å². The first-order valence-corrected chi connectivity index (χ1v) is 11.5. The number of carboxylic acids is 1. The van der Waals surface area contributed by atoms with Crippen LogP contribution in [0, 0.1) is 5.92 Å². The summed E-state index contributed by atoms with van der Waals surface area (Å²) in [7, 11) is 0. The zero-order valence-corrected chi connectivity index (χ0v) is 18.7. The molecule has 0 spiro atoms. The van der Waals surface area contributed by atoms with E-state index in [2.05, 4.69) is 31.2 Å². The molecule has 170 valence electrons. The fourth-order valence-corrected chi connectivity index (χ4v) is 3.91. The van der Waals surface area contributed by atoms with Crippen molar-refractivity contribution in [2.75, 3.05) is 6.54 Å². The van der Waals surface area contributed by atoms with Crippen molar-refractivity contribution in [3.63, 3.8) is 0 Å². The van der Waals surface area contributed by atoms with Crippen molar-refractivity contribution in [2.24, 2.45) is 5.92 Å². The van der Waals surface area contributed by atoms with Crippen molar-refractivity contribution in [1.29, 1.82) is 0 Å². The number of aliphatic hydroxyl groups excluding tert-OH is 1. The average molecular weight is 428 g/mol. The summed E-state index contributed by atoms with van der Waals surface area (Å²) < 4.78 is 0. The van der Waals surface area contributed by atoms with Crippen molar-refractivity contribution in [1.82, 2.24) is 4.90 Å². The normalized spacial score (nSPS) is 18.8. The van der Waals surface area contributed by atoms with Gasteiger partial charge >= 0.3 is 5.97 Å². The molecule has 3 atom stereocenters. The number of amides is 1. The average Bonchev–Trinajstić information content (AvgIpc) is 3.11. The first kappa shape index (κ1) is 24.9. The molecule has 0 bridgehead atoms. The minimum Gasteiger partial charge on any atom is -0.481 e. The van der Waals surface area contributed by atoms with Crippen LogP contribution >= 0.6 is 0 Å². The number of likely N-dealkylation sites (tertiary alicyclic amines) is 1. The number of hydrogen-bond acceptors (Lipinski definition) is 3. The number of unbranched alkanes of at least 4 members (excludes halogenated alkanes) is 2. The van der Waals surface area contributed by atoms with E-state index in [1.54, 1.807) is 0 Å². The standard InChI is InChI=1S/C26H37NO4/c1-21(11-8-9-14-22-12-5-4-6-13-22)24(28)18-16-23-17-19-25(29)27(23)20-10-3-2-7-15-26(30)31/h3-6,10,12-13,16,18,21,23-24,28H,2,7-9,11,14-15,17,19-20H2,1H3,(H,30,31)/t21-,23?,24+/m0/s1. The minimum atomic E-state index is -0.780. The Morgan fingerprint density at radius 1 is 1.19 bits per heavy atom. The highest BCUT2D eigenvalue weighted by Gasteiger charge is 2.28. The van der Waals surface area contributed by atoms with Crippen LogP contribution in [-0.2, 0) is 16.0 Å². The molecule has 2 rings (SSSR count). The maximum absolute atomic E-state index is 12.2. The molecular weight excluding hydrogens is 390 g/mol. The van der Waals surface area contributed by atoms with Crippen molar-refractivity contribution in [3.05, 3.63) is 60.2 Å². The Bertz CT molecular complexity index is 728. The van der Waals surface area contributed by atoms with Crippen molar-refractivity contribution >= 4 is 11.9 Å². The van der Waals surface area contributed by atoms with Crippen molar-refractivity contribution < 1.29 is 19.8 Å². The second-order valence-corrected chi connectivity index (χ2v) is 8.49. The number of carbonyl (C=O) groups excluding carboxylic acids is 1. The molecule has 0 radical (unpaired) electrons. The Kier molecular flexibility index (Phi) is 11.1. The molecule has 1 amide bonds. The monoisotopic (exact) mass is 427 g/mol. The quantitative estimate of drug-likeness (QED) is 0.332. The number of carbonyl (C=O) groups is 2. The molecule has 1 unspecified atom stereocenters. The number of benzene rings is 1. The van der Waals surface area contributed by atoms with Gasteiger partial charge in [-0.3, -0.25) is 9.59 Å². The third kappa shape index (κ3) is 9.52. The van der Waals surface area contributed by atoms with Gasteiger partial charge in [0.1, 0.15) is 0 Å². The Morgan fingerprint density at radius 3 is 2.71 bits per heavy atom. The molecule has 0 aliphatic carbocycles. The minimum absolute atomic E-state index is 0.0242. The van der Waals surface area contributed by atoms with Crippen LogP contribution in [0.5, 0.6) is 0 Å². The SMILES string of the molecule is C[C@@H](CCCCc1ccccc1)[C@H](O)C=CC1CCC(=O)N1CC=CCCCC(=O)O. The highest BCUT2D eigenvalue weighted by Crippen LogP contribution is 2.21. The third-order valence-electron chi connectivity index (χ3n) is 5.94. The molecule has 1 aliphatic heterocycles. The summed E-state index contributed by atoms with van der Waals surface area (Å²) in [6.07, 6.45) is 14.3. The summed E-state index contributed by atoms with van der Waals surface area (Å²) in [6, 6.07) is 10.5.